The second-order valence-electron chi connectivity index (χ2n) is 7.50. The Bertz CT molecular complexity index is 1120. The van der Waals surface area contributed by atoms with Gasteiger partial charge in [-0.1, -0.05) is 42.1 Å². The predicted octanol–water partition coefficient (Wildman–Crippen LogP) is 5.07. The average molecular weight is 446 g/mol. The Hall–Kier alpha value is -3.25. The number of anilines is 2. The van der Waals surface area contributed by atoms with Gasteiger partial charge >= 0.3 is 0 Å². The molecule has 0 radical (unpaired) electrons. The maximum absolute atomic E-state index is 13.1. The van der Waals surface area contributed by atoms with Crippen molar-refractivity contribution in [1.29, 1.82) is 0 Å². The number of fused-ring (bicyclic) bond motifs is 2. The Balaban J connectivity index is 1.49. The lowest BCUT2D eigenvalue weighted by Gasteiger charge is -2.23. The van der Waals surface area contributed by atoms with Crippen molar-refractivity contribution in [1.82, 2.24) is 5.32 Å². The minimum absolute atomic E-state index is 0.0339. The lowest BCUT2D eigenvalue weighted by molar-refractivity contribution is 0.0951. The summed E-state index contributed by atoms with van der Waals surface area (Å²) in [5.41, 5.74) is 3.18. The van der Waals surface area contributed by atoms with Crippen molar-refractivity contribution in [2.45, 2.75) is 23.6 Å². The third kappa shape index (κ3) is 4.50. The molecule has 1 aliphatic rings. The highest BCUT2D eigenvalue weighted by molar-refractivity contribution is 7.99. The molecule has 164 valence electrons. The number of para-hydroxylation sites is 1. The largest absolute Gasteiger partial charge is 0.370 e. The summed E-state index contributed by atoms with van der Waals surface area (Å²) in [4.78, 5) is 31.9. The number of hydrogen-bond acceptors (Lipinski definition) is 4. The van der Waals surface area contributed by atoms with Crippen LogP contribution in [-0.4, -0.2) is 38.0 Å². The number of nitrogens with one attached hydrogen (secondary N) is 1. The van der Waals surface area contributed by atoms with Gasteiger partial charge < -0.3 is 15.1 Å². The van der Waals surface area contributed by atoms with E-state index in [-0.39, 0.29) is 11.8 Å². The van der Waals surface area contributed by atoms with E-state index < -0.39 is 0 Å². The van der Waals surface area contributed by atoms with Gasteiger partial charge in [0.1, 0.15) is 0 Å². The van der Waals surface area contributed by atoms with E-state index in [0.717, 1.165) is 34.3 Å². The van der Waals surface area contributed by atoms with Crippen LogP contribution >= 0.6 is 11.8 Å². The monoisotopic (exact) mass is 445 g/mol. The van der Waals surface area contributed by atoms with E-state index in [9.17, 15) is 9.59 Å². The van der Waals surface area contributed by atoms with Crippen LogP contribution in [0.3, 0.4) is 0 Å². The first-order valence-electron chi connectivity index (χ1n) is 10.9. The molecule has 2 amide bonds. The molecule has 1 N–H and O–H groups in total. The molecule has 1 aliphatic heterocycles. The van der Waals surface area contributed by atoms with Gasteiger partial charge in [-0.05, 0) is 56.3 Å². The Kier molecular flexibility index (Phi) is 6.81. The lowest BCUT2D eigenvalue weighted by Crippen LogP contribution is -2.35. The Morgan fingerprint density at radius 1 is 0.969 bits per heavy atom. The molecular formula is C26H27N3O2S. The molecule has 3 aromatic carbocycles. The summed E-state index contributed by atoms with van der Waals surface area (Å²) < 4.78 is 0. The number of likely N-dealkylation sites (N-methyl/N-ethyl adjacent to an activating group) is 1. The molecular weight excluding hydrogens is 418 g/mol. The fourth-order valence-corrected chi connectivity index (χ4v) is 4.95. The Morgan fingerprint density at radius 3 is 2.47 bits per heavy atom. The van der Waals surface area contributed by atoms with Gasteiger partial charge in [0, 0.05) is 47.2 Å². The summed E-state index contributed by atoms with van der Waals surface area (Å²) in [5, 5.41) is 3.03. The number of amides is 2. The summed E-state index contributed by atoms with van der Waals surface area (Å²) in [5.74, 6) is -0.166. The van der Waals surface area contributed by atoms with Crippen LogP contribution in [0.25, 0.3) is 0 Å². The van der Waals surface area contributed by atoms with E-state index >= 15 is 0 Å². The van der Waals surface area contributed by atoms with E-state index in [0.29, 0.717) is 24.2 Å². The zero-order valence-electron chi connectivity index (χ0n) is 18.4. The van der Waals surface area contributed by atoms with Gasteiger partial charge in [-0.2, -0.15) is 0 Å². The summed E-state index contributed by atoms with van der Waals surface area (Å²) >= 11 is 1.57. The van der Waals surface area contributed by atoms with Crippen LogP contribution in [0.5, 0.6) is 0 Å². The van der Waals surface area contributed by atoms with Gasteiger partial charge in [-0.3, -0.25) is 9.59 Å². The third-order valence-corrected chi connectivity index (χ3v) is 6.72. The first kappa shape index (κ1) is 22.0. The molecule has 0 fully saturated rings. The number of benzene rings is 3. The number of rotatable bonds is 7. The van der Waals surface area contributed by atoms with Crippen molar-refractivity contribution in [3.63, 3.8) is 0 Å². The summed E-state index contributed by atoms with van der Waals surface area (Å²) in [6.45, 7) is 6.72. The maximum atomic E-state index is 13.1. The standard InChI is InChI=1S/C26H27N3O2S/c1-3-28(20-10-6-5-7-11-20)17-16-27-25(30)19-14-15-24-22(18-19)29(4-2)26(31)21-12-8-9-13-23(21)32-24/h5-15,18H,3-4,16-17H2,1-2H3,(H,27,30). The zero-order chi connectivity index (χ0) is 22.5. The van der Waals surface area contributed by atoms with Crippen molar-refractivity contribution in [3.8, 4) is 0 Å². The molecule has 0 saturated carbocycles. The topological polar surface area (TPSA) is 52.7 Å². The van der Waals surface area contributed by atoms with Gasteiger partial charge in [0.15, 0.2) is 0 Å². The molecule has 0 atom stereocenters. The van der Waals surface area contributed by atoms with E-state index in [1.807, 2.05) is 67.6 Å². The van der Waals surface area contributed by atoms with Gasteiger partial charge in [-0.15, -0.1) is 0 Å². The van der Waals surface area contributed by atoms with Crippen LogP contribution in [-0.2, 0) is 0 Å². The minimum atomic E-state index is -0.132. The van der Waals surface area contributed by atoms with E-state index in [1.165, 1.54) is 0 Å². The number of carbonyl (C=O) groups excluding carboxylic acids is 2. The first-order valence-corrected chi connectivity index (χ1v) is 11.7. The smallest absolute Gasteiger partial charge is 0.259 e. The molecule has 6 heteroatoms. The van der Waals surface area contributed by atoms with Crippen molar-refractivity contribution >= 4 is 35.0 Å². The van der Waals surface area contributed by atoms with Gasteiger partial charge in [-0.25, -0.2) is 0 Å². The van der Waals surface area contributed by atoms with Crippen molar-refractivity contribution in [2.24, 2.45) is 0 Å². The highest BCUT2D eigenvalue weighted by Crippen LogP contribution is 2.41. The zero-order valence-corrected chi connectivity index (χ0v) is 19.2. The summed E-state index contributed by atoms with van der Waals surface area (Å²) in [7, 11) is 0. The van der Waals surface area contributed by atoms with Crippen molar-refractivity contribution < 1.29 is 9.59 Å². The molecule has 0 bridgehead atoms. The Labute approximate surface area is 193 Å². The molecule has 32 heavy (non-hydrogen) atoms. The summed E-state index contributed by atoms with van der Waals surface area (Å²) in [6.07, 6.45) is 0. The number of carbonyl (C=O) groups is 2. The minimum Gasteiger partial charge on any atom is -0.370 e. The second kappa shape index (κ2) is 9.92. The highest BCUT2D eigenvalue weighted by atomic mass is 32.2. The average Bonchev–Trinajstić information content (AvgIpc) is 2.95. The summed E-state index contributed by atoms with van der Waals surface area (Å²) in [6, 6.07) is 23.4. The molecule has 1 heterocycles. The molecule has 0 aromatic heterocycles. The van der Waals surface area contributed by atoms with Crippen LogP contribution in [0.1, 0.15) is 34.6 Å². The first-order chi connectivity index (χ1) is 15.6. The number of nitrogens with zero attached hydrogens (tertiary/aromatic N) is 2. The second-order valence-corrected chi connectivity index (χ2v) is 8.59. The molecule has 4 rings (SSSR count). The van der Waals surface area contributed by atoms with Crippen LogP contribution in [0.2, 0.25) is 0 Å². The van der Waals surface area contributed by atoms with Crippen LogP contribution in [0, 0.1) is 0 Å². The maximum Gasteiger partial charge on any atom is 0.259 e. The van der Waals surface area contributed by atoms with E-state index in [2.05, 4.69) is 29.3 Å². The van der Waals surface area contributed by atoms with Crippen molar-refractivity contribution in [3.05, 3.63) is 83.9 Å². The quantitative estimate of drug-likeness (QED) is 0.551. The van der Waals surface area contributed by atoms with Gasteiger partial charge in [0.05, 0.1) is 11.3 Å². The van der Waals surface area contributed by atoms with E-state index in [1.54, 1.807) is 16.7 Å². The number of hydrogen-bond donors (Lipinski definition) is 1. The molecule has 3 aromatic rings. The van der Waals surface area contributed by atoms with Crippen LogP contribution in [0.15, 0.2) is 82.6 Å². The van der Waals surface area contributed by atoms with E-state index in [4.69, 9.17) is 0 Å². The predicted molar refractivity (Wildman–Crippen MR) is 131 cm³/mol. The molecule has 0 unspecified atom stereocenters. The molecule has 5 nitrogen and oxygen atoms in total. The molecule has 0 aliphatic carbocycles. The fourth-order valence-electron chi connectivity index (χ4n) is 3.89. The van der Waals surface area contributed by atoms with Gasteiger partial charge in [0.25, 0.3) is 11.8 Å². The van der Waals surface area contributed by atoms with Crippen LogP contribution in [0.4, 0.5) is 11.4 Å². The highest BCUT2D eigenvalue weighted by Gasteiger charge is 2.26. The van der Waals surface area contributed by atoms with Gasteiger partial charge in [0.2, 0.25) is 0 Å². The third-order valence-electron chi connectivity index (χ3n) is 5.58. The Morgan fingerprint density at radius 2 is 1.72 bits per heavy atom. The fraction of sp³-hybridized carbons (Fsp3) is 0.231. The molecule has 0 saturated heterocycles. The SMILES string of the molecule is CCN(CCNC(=O)c1ccc2c(c1)N(CC)C(=O)c1ccccc1S2)c1ccccc1. The molecule has 0 spiro atoms. The van der Waals surface area contributed by atoms with Crippen molar-refractivity contribution in [2.75, 3.05) is 36.0 Å². The lowest BCUT2D eigenvalue weighted by atomic mass is 10.1. The normalized spacial score (nSPS) is 12.6. The van der Waals surface area contributed by atoms with Crippen LogP contribution < -0.4 is 15.1 Å².